The van der Waals surface area contributed by atoms with Gasteiger partial charge in [0, 0.05) is 18.8 Å². The first-order chi connectivity index (χ1) is 12.0. The summed E-state index contributed by atoms with van der Waals surface area (Å²) in [4.78, 5) is 26.1. The van der Waals surface area contributed by atoms with Crippen LogP contribution in [0.2, 0.25) is 0 Å². The molecule has 2 amide bonds. The van der Waals surface area contributed by atoms with Gasteiger partial charge in [-0.05, 0) is 50.6 Å². The van der Waals surface area contributed by atoms with E-state index in [1.807, 2.05) is 51.1 Å². The smallest absolute Gasteiger partial charge is 0.313 e. The number of carbonyl (C=O) groups excluding carboxylic acids is 2. The summed E-state index contributed by atoms with van der Waals surface area (Å²) < 4.78 is 5.56. The summed E-state index contributed by atoms with van der Waals surface area (Å²) in [6.45, 7) is 6.61. The zero-order valence-electron chi connectivity index (χ0n) is 14.9. The van der Waals surface area contributed by atoms with Crippen LogP contribution in [0.1, 0.15) is 26.3 Å². The maximum absolute atomic E-state index is 12.4. The maximum Gasteiger partial charge on any atom is 0.313 e. The van der Waals surface area contributed by atoms with Crippen molar-refractivity contribution in [2.24, 2.45) is 0 Å². The van der Waals surface area contributed by atoms with Crippen molar-refractivity contribution in [3.63, 3.8) is 0 Å². The van der Waals surface area contributed by atoms with Gasteiger partial charge in [0.05, 0.1) is 6.10 Å². The molecule has 0 saturated heterocycles. The third-order valence-corrected chi connectivity index (χ3v) is 3.56. The molecule has 2 aromatic carbocycles. The molecule has 0 aliphatic heterocycles. The first kappa shape index (κ1) is 18.5. The van der Waals surface area contributed by atoms with Crippen LogP contribution < -0.4 is 10.1 Å². The van der Waals surface area contributed by atoms with Crippen molar-refractivity contribution in [2.45, 2.75) is 33.4 Å². The highest BCUT2D eigenvalue weighted by molar-refractivity contribution is 6.39. The number of likely N-dealkylation sites (N-methyl/N-ethyl adjacent to an activating group) is 1. The zero-order chi connectivity index (χ0) is 18.2. The predicted octanol–water partition coefficient (Wildman–Crippen LogP) is 3.46. The quantitative estimate of drug-likeness (QED) is 0.819. The second kappa shape index (κ2) is 8.87. The topological polar surface area (TPSA) is 58.6 Å². The Labute approximate surface area is 148 Å². The lowest BCUT2D eigenvalue weighted by molar-refractivity contribution is -0.143. The van der Waals surface area contributed by atoms with E-state index < -0.39 is 11.8 Å². The molecule has 2 rings (SSSR count). The minimum atomic E-state index is -0.643. The molecule has 5 heteroatoms. The van der Waals surface area contributed by atoms with E-state index in [0.29, 0.717) is 18.8 Å². The molecule has 2 aromatic rings. The Balaban J connectivity index is 1.97. The van der Waals surface area contributed by atoms with Crippen molar-refractivity contribution < 1.29 is 14.3 Å². The van der Waals surface area contributed by atoms with Gasteiger partial charge >= 0.3 is 11.8 Å². The molecule has 0 aromatic heterocycles. The van der Waals surface area contributed by atoms with Gasteiger partial charge in [-0.3, -0.25) is 9.59 Å². The Morgan fingerprint density at radius 1 is 1.04 bits per heavy atom. The fourth-order valence-corrected chi connectivity index (χ4v) is 2.35. The summed E-state index contributed by atoms with van der Waals surface area (Å²) in [7, 11) is 0. The summed E-state index contributed by atoms with van der Waals surface area (Å²) in [5, 5.41) is 2.64. The highest BCUT2D eigenvalue weighted by atomic mass is 16.5. The van der Waals surface area contributed by atoms with Crippen molar-refractivity contribution in [2.75, 3.05) is 11.9 Å². The van der Waals surface area contributed by atoms with Crippen LogP contribution in [0.3, 0.4) is 0 Å². The first-order valence-corrected chi connectivity index (χ1v) is 8.40. The highest BCUT2D eigenvalue weighted by Gasteiger charge is 2.20. The number of rotatable bonds is 6. The second-order valence-electron chi connectivity index (χ2n) is 5.95. The van der Waals surface area contributed by atoms with Gasteiger partial charge in [-0.25, -0.2) is 0 Å². The lowest BCUT2D eigenvalue weighted by Crippen LogP contribution is -2.39. The van der Waals surface area contributed by atoms with E-state index >= 15 is 0 Å². The highest BCUT2D eigenvalue weighted by Crippen LogP contribution is 2.17. The number of nitrogens with one attached hydrogen (secondary N) is 1. The molecular formula is C20H24N2O3. The average molecular weight is 340 g/mol. The van der Waals surface area contributed by atoms with E-state index in [-0.39, 0.29) is 6.10 Å². The lowest BCUT2D eigenvalue weighted by Gasteiger charge is -2.20. The van der Waals surface area contributed by atoms with Crippen LogP contribution in [-0.2, 0) is 16.1 Å². The summed E-state index contributed by atoms with van der Waals surface area (Å²) in [6, 6.07) is 16.6. The van der Waals surface area contributed by atoms with Crippen LogP contribution in [0.25, 0.3) is 0 Å². The van der Waals surface area contributed by atoms with Crippen molar-refractivity contribution in [3.05, 3.63) is 60.2 Å². The van der Waals surface area contributed by atoms with Gasteiger partial charge in [-0.15, -0.1) is 0 Å². The molecule has 5 nitrogen and oxygen atoms in total. The summed E-state index contributed by atoms with van der Waals surface area (Å²) in [5.74, 6) is -0.470. The summed E-state index contributed by atoms with van der Waals surface area (Å²) >= 11 is 0. The van der Waals surface area contributed by atoms with Crippen molar-refractivity contribution in [3.8, 4) is 5.75 Å². The Morgan fingerprint density at radius 3 is 2.24 bits per heavy atom. The summed E-state index contributed by atoms with van der Waals surface area (Å²) in [6.07, 6.45) is 0.0816. The molecule has 0 aliphatic rings. The Hall–Kier alpha value is -2.82. The Morgan fingerprint density at radius 2 is 1.68 bits per heavy atom. The van der Waals surface area contributed by atoms with E-state index in [1.54, 1.807) is 24.3 Å². The second-order valence-corrected chi connectivity index (χ2v) is 5.95. The van der Waals surface area contributed by atoms with Gasteiger partial charge in [0.25, 0.3) is 0 Å². The van der Waals surface area contributed by atoms with Gasteiger partial charge in [0.2, 0.25) is 0 Å². The number of hydrogen-bond acceptors (Lipinski definition) is 3. The molecular weight excluding hydrogens is 316 g/mol. The standard InChI is InChI=1S/C20H24N2O3/c1-4-22(14-16-8-6-5-7-9-16)20(24)19(23)21-17-10-12-18(13-11-17)25-15(2)3/h5-13,15H,4,14H2,1-3H3,(H,21,23). The van der Waals surface area contributed by atoms with Crippen LogP contribution >= 0.6 is 0 Å². The Bertz CT molecular complexity index is 697. The van der Waals surface area contributed by atoms with E-state index in [4.69, 9.17) is 4.74 Å². The largest absolute Gasteiger partial charge is 0.491 e. The maximum atomic E-state index is 12.4. The minimum absolute atomic E-state index is 0.0816. The third-order valence-electron chi connectivity index (χ3n) is 3.56. The number of ether oxygens (including phenoxy) is 1. The van der Waals surface area contributed by atoms with Gasteiger partial charge in [-0.2, -0.15) is 0 Å². The minimum Gasteiger partial charge on any atom is -0.491 e. The SMILES string of the molecule is CCN(Cc1ccccc1)C(=O)C(=O)Nc1ccc(OC(C)C)cc1. The number of amides is 2. The first-order valence-electron chi connectivity index (χ1n) is 8.40. The lowest BCUT2D eigenvalue weighted by atomic mass is 10.2. The predicted molar refractivity (Wildman–Crippen MR) is 98.4 cm³/mol. The molecule has 0 atom stereocenters. The van der Waals surface area contributed by atoms with Gasteiger partial charge < -0.3 is 15.0 Å². The molecule has 0 heterocycles. The van der Waals surface area contributed by atoms with Crippen LogP contribution in [-0.4, -0.2) is 29.4 Å². The molecule has 0 unspecified atom stereocenters. The van der Waals surface area contributed by atoms with Crippen molar-refractivity contribution >= 4 is 17.5 Å². The number of nitrogens with zero attached hydrogens (tertiary/aromatic N) is 1. The Kier molecular flexibility index (Phi) is 6.57. The zero-order valence-corrected chi connectivity index (χ0v) is 14.9. The molecule has 0 radical (unpaired) electrons. The monoisotopic (exact) mass is 340 g/mol. The van der Waals surface area contributed by atoms with Gasteiger partial charge in [-0.1, -0.05) is 30.3 Å². The van der Waals surface area contributed by atoms with E-state index in [2.05, 4.69) is 5.32 Å². The normalized spacial score (nSPS) is 10.4. The third kappa shape index (κ3) is 5.64. The molecule has 1 N–H and O–H groups in total. The molecule has 0 aliphatic carbocycles. The van der Waals surface area contributed by atoms with E-state index in [9.17, 15) is 9.59 Å². The number of benzene rings is 2. The summed E-state index contributed by atoms with van der Waals surface area (Å²) in [5.41, 5.74) is 1.55. The molecule has 132 valence electrons. The fraction of sp³-hybridized carbons (Fsp3) is 0.300. The molecule has 0 saturated carbocycles. The number of hydrogen-bond donors (Lipinski definition) is 1. The molecule has 0 fully saturated rings. The van der Waals surface area contributed by atoms with Crippen LogP contribution in [0.5, 0.6) is 5.75 Å². The molecule has 0 bridgehead atoms. The van der Waals surface area contributed by atoms with E-state index in [1.165, 1.54) is 4.90 Å². The number of anilines is 1. The van der Waals surface area contributed by atoms with Crippen LogP contribution in [0, 0.1) is 0 Å². The van der Waals surface area contributed by atoms with Crippen molar-refractivity contribution in [1.29, 1.82) is 0 Å². The van der Waals surface area contributed by atoms with Crippen molar-refractivity contribution in [1.82, 2.24) is 4.90 Å². The fourth-order valence-electron chi connectivity index (χ4n) is 2.35. The van der Waals surface area contributed by atoms with Gasteiger partial charge in [0.1, 0.15) is 5.75 Å². The van der Waals surface area contributed by atoms with E-state index in [0.717, 1.165) is 11.3 Å². The molecule has 25 heavy (non-hydrogen) atoms. The van der Waals surface area contributed by atoms with Crippen LogP contribution in [0.15, 0.2) is 54.6 Å². The molecule has 0 spiro atoms. The average Bonchev–Trinajstić information content (AvgIpc) is 2.61. The van der Waals surface area contributed by atoms with Gasteiger partial charge in [0.15, 0.2) is 0 Å². The number of carbonyl (C=O) groups is 2. The van der Waals surface area contributed by atoms with Crippen LogP contribution in [0.4, 0.5) is 5.69 Å².